The fraction of sp³-hybridized carbons (Fsp3) is 0.0870. The smallest absolute Gasteiger partial charge is 0.135 e. The number of benzene rings is 5. The molecule has 4 unspecified atom stereocenters. The van der Waals surface area contributed by atoms with E-state index in [9.17, 15) is 0 Å². The first-order valence-corrected chi connectivity index (χ1v) is 17.8. The van der Waals surface area contributed by atoms with Gasteiger partial charge in [-0.1, -0.05) is 121 Å². The molecule has 244 valence electrons. The first-order chi connectivity index (χ1) is 25.3. The Balaban J connectivity index is 1.04. The molecule has 4 atom stereocenters. The minimum atomic E-state index is -0.0455. The summed E-state index contributed by atoms with van der Waals surface area (Å²) in [6.45, 7) is 0. The maximum atomic E-state index is 6.16. The number of dihydropyridines is 2. The molecule has 5 aromatic carbocycles. The lowest BCUT2D eigenvalue weighted by Crippen LogP contribution is -2.39. The van der Waals surface area contributed by atoms with E-state index in [4.69, 9.17) is 4.42 Å². The number of nitrogens with zero attached hydrogens (tertiary/aromatic N) is 2. The highest BCUT2D eigenvalue weighted by Gasteiger charge is 2.41. The van der Waals surface area contributed by atoms with Crippen molar-refractivity contribution < 1.29 is 4.42 Å². The van der Waals surface area contributed by atoms with Crippen LogP contribution >= 0.6 is 0 Å². The molecule has 0 spiro atoms. The van der Waals surface area contributed by atoms with E-state index in [1.807, 2.05) is 12.1 Å². The zero-order valence-corrected chi connectivity index (χ0v) is 27.8. The second-order valence-electron chi connectivity index (χ2n) is 13.8. The van der Waals surface area contributed by atoms with E-state index < -0.39 is 0 Å². The summed E-state index contributed by atoms with van der Waals surface area (Å²) in [5, 5.41) is 12.7. The molecule has 5 nitrogen and oxygen atoms in total. The molecular formula is C46H34N4O. The van der Waals surface area contributed by atoms with Crippen molar-refractivity contribution in [2.75, 3.05) is 4.90 Å². The average Bonchev–Trinajstić information content (AvgIpc) is 3.86. The Bertz CT molecular complexity index is 2740. The molecule has 4 aliphatic rings. The number of hydrogen-bond acceptors (Lipinski definition) is 4. The van der Waals surface area contributed by atoms with Crippen LogP contribution in [0.25, 0.3) is 49.4 Å². The Morgan fingerprint density at radius 2 is 1.39 bits per heavy atom. The van der Waals surface area contributed by atoms with Crippen molar-refractivity contribution in [3.63, 3.8) is 0 Å². The van der Waals surface area contributed by atoms with Crippen LogP contribution in [0.1, 0.15) is 34.8 Å². The third kappa shape index (κ3) is 4.28. The maximum absolute atomic E-state index is 6.16. The molecule has 0 radical (unpaired) electrons. The van der Waals surface area contributed by atoms with Gasteiger partial charge in [0.2, 0.25) is 0 Å². The Kier molecular flexibility index (Phi) is 6.14. The number of fused-ring (bicyclic) bond motifs is 10. The van der Waals surface area contributed by atoms with Crippen LogP contribution in [-0.2, 0) is 0 Å². The van der Waals surface area contributed by atoms with Crippen LogP contribution in [0.4, 0.5) is 5.69 Å². The van der Waals surface area contributed by atoms with Crippen molar-refractivity contribution in [3.8, 4) is 0 Å². The van der Waals surface area contributed by atoms with Crippen LogP contribution in [-0.4, -0.2) is 10.6 Å². The van der Waals surface area contributed by atoms with E-state index in [0.717, 1.165) is 33.5 Å². The van der Waals surface area contributed by atoms with Gasteiger partial charge in [-0.25, -0.2) is 0 Å². The first-order valence-electron chi connectivity index (χ1n) is 17.8. The van der Waals surface area contributed by atoms with Crippen molar-refractivity contribution in [2.24, 2.45) is 0 Å². The molecule has 0 saturated heterocycles. The van der Waals surface area contributed by atoms with Crippen molar-refractivity contribution in [1.82, 2.24) is 15.2 Å². The SMILES string of the molecule is C1=CC(c2ccc3oc4ccccc4c3c2)NC(N2c3c(ccc4c3c3ccccc3n4C3C=CC=C(c4ccccc4)N3)C3C=CC=CC32)=C1. The highest BCUT2D eigenvalue weighted by atomic mass is 16.3. The van der Waals surface area contributed by atoms with E-state index in [0.29, 0.717) is 0 Å². The van der Waals surface area contributed by atoms with Crippen molar-refractivity contribution in [1.29, 1.82) is 0 Å². The average molecular weight is 659 g/mol. The molecule has 5 heteroatoms. The Morgan fingerprint density at radius 3 is 2.33 bits per heavy atom. The topological polar surface area (TPSA) is 45.4 Å². The van der Waals surface area contributed by atoms with Crippen LogP contribution in [0.5, 0.6) is 0 Å². The van der Waals surface area contributed by atoms with Gasteiger partial charge < -0.3 is 24.5 Å². The summed E-state index contributed by atoms with van der Waals surface area (Å²) in [5.41, 5.74) is 10.4. The number of nitrogens with one attached hydrogen (secondary N) is 2. The van der Waals surface area contributed by atoms with Gasteiger partial charge in [0, 0.05) is 33.2 Å². The van der Waals surface area contributed by atoms with Crippen molar-refractivity contribution >= 4 is 55.1 Å². The molecule has 51 heavy (non-hydrogen) atoms. The van der Waals surface area contributed by atoms with Crippen LogP contribution in [0.3, 0.4) is 0 Å². The number of hydrogen-bond donors (Lipinski definition) is 2. The third-order valence-electron chi connectivity index (χ3n) is 11.0. The summed E-state index contributed by atoms with van der Waals surface area (Å²) in [7, 11) is 0. The third-order valence-corrected chi connectivity index (χ3v) is 11.0. The van der Waals surface area contributed by atoms with Gasteiger partial charge in [0.1, 0.15) is 23.2 Å². The van der Waals surface area contributed by atoms with Crippen LogP contribution in [0.2, 0.25) is 0 Å². The van der Waals surface area contributed by atoms with Gasteiger partial charge >= 0.3 is 0 Å². The molecule has 0 saturated carbocycles. The summed E-state index contributed by atoms with van der Waals surface area (Å²) in [5.74, 6) is 1.35. The van der Waals surface area contributed by atoms with Gasteiger partial charge in [0.25, 0.3) is 0 Å². The molecule has 0 fully saturated rings. The van der Waals surface area contributed by atoms with Crippen LogP contribution < -0.4 is 15.5 Å². The van der Waals surface area contributed by atoms with Crippen molar-refractivity contribution in [2.45, 2.75) is 24.2 Å². The Hall–Kier alpha value is -6.46. The predicted molar refractivity (Wildman–Crippen MR) is 209 cm³/mol. The molecule has 2 N–H and O–H groups in total. The fourth-order valence-corrected chi connectivity index (χ4v) is 8.73. The number of anilines is 1. The number of rotatable bonds is 4. The summed E-state index contributed by atoms with van der Waals surface area (Å²) in [6, 6.07) is 39.2. The number of furan rings is 1. The second kappa shape index (κ2) is 11.0. The monoisotopic (exact) mass is 658 g/mol. The van der Waals surface area contributed by atoms with Crippen LogP contribution in [0, 0.1) is 0 Å². The molecule has 7 aromatic rings. The number of aromatic nitrogens is 1. The van der Waals surface area contributed by atoms with Gasteiger partial charge in [-0.2, -0.15) is 0 Å². The predicted octanol–water partition coefficient (Wildman–Crippen LogP) is 10.5. The molecule has 2 aromatic heterocycles. The minimum Gasteiger partial charge on any atom is -0.456 e. The van der Waals surface area contributed by atoms with Gasteiger partial charge in [0.15, 0.2) is 0 Å². The van der Waals surface area contributed by atoms with Gasteiger partial charge in [-0.15, -0.1) is 0 Å². The van der Waals surface area contributed by atoms with E-state index in [2.05, 4.69) is 178 Å². The minimum absolute atomic E-state index is 0.00832. The normalized spacial score (nSPS) is 21.9. The molecule has 0 bridgehead atoms. The molecule has 3 aliphatic heterocycles. The zero-order valence-electron chi connectivity index (χ0n) is 27.8. The number of para-hydroxylation sites is 2. The first kappa shape index (κ1) is 28.4. The molecule has 5 heterocycles. The molecule has 1 aliphatic carbocycles. The lowest BCUT2D eigenvalue weighted by Gasteiger charge is -2.34. The summed E-state index contributed by atoms with van der Waals surface area (Å²) in [6.07, 6.45) is 22.4. The highest BCUT2D eigenvalue weighted by Crippen LogP contribution is 2.52. The molecule has 0 amide bonds. The standard InChI is InChI=1S/C46H34N4O/c1-2-12-29(13-3-1)36-17-10-22-43(47-36)49-39-20-8-5-16-34(39)45-40(49)26-25-33-31-14-4-7-19-38(31)50(46(33)45)44-23-11-18-37(48-44)30-24-27-42-35(28-30)32-15-6-9-21-41(32)51-42/h1-28,31,37-38,43,47-48H. The summed E-state index contributed by atoms with van der Waals surface area (Å²) < 4.78 is 8.63. The van der Waals surface area contributed by atoms with Gasteiger partial charge in [-0.3, -0.25) is 0 Å². The zero-order chi connectivity index (χ0) is 33.5. The lowest BCUT2D eigenvalue weighted by molar-refractivity contribution is 0.589. The van der Waals surface area contributed by atoms with E-state index in [-0.39, 0.29) is 24.2 Å². The highest BCUT2D eigenvalue weighted by molar-refractivity contribution is 6.16. The van der Waals surface area contributed by atoms with E-state index in [1.165, 1.54) is 44.2 Å². The second-order valence-corrected chi connectivity index (χ2v) is 13.8. The van der Waals surface area contributed by atoms with E-state index >= 15 is 0 Å². The lowest BCUT2D eigenvalue weighted by atomic mass is 9.91. The summed E-state index contributed by atoms with van der Waals surface area (Å²) >= 11 is 0. The molecular weight excluding hydrogens is 625 g/mol. The number of allylic oxidation sites excluding steroid dienone is 6. The van der Waals surface area contributed by atoms with Gasteiger partial charge in [0.05, 0.1) is 28.8 Å². The van der Waals surface area contributed by atoms with E-state index in [1.54, 1.807) is 0 Å². The Morgan fingerprint density at radius 1 is 0.588 bits per heavy atom. The largest absolute Gasteiger partial charge is 0.456 e. The quantitative estimate of drug-likeness (QED) is 0.198. The Labute approximate surface area is 295 Å². The van der Waals surface area contributed by atoms with Gasteiger partial charge in [-0.05, 0) is 65.3 Å². The fourth-order valence-electron chi connectivity index (χ4n) is 8.73. The van der Waals surface area contributed by atoms with Crippen LogP contribution in [0.15, 0.2) is 180 Å². The van der Waals surface area contributed by atoms with Crippen molar-refractivity contribution in [3.05, 3.63) is 192 Å². The summed E-state index contributed by atoms with van der Waals surface area (Å²) in [4.78, 5) is 2.56. The molecule has 11 rings (SSSR count). The maximum Gasteiger partial charge on any atom is 0.135 e.